The van der Waals surface area contributed by atoms with Crippen molar-refractivity contribution in [2.45, 2.75) is 50.5 Å². The van der Waals surface area contributed by atoms with E-state index in [1.54, 1.807) is 0 Å². The van der Waals surface area contributed by atoms with Crippen LogP contribution >= 0.6 is 0 Å². The number of rotatable bonds is 3. The second-order valence-electron chi connectivity index (χ2n) is 6.08. The summed E-state index contributed by atoms with van der Waals surface area (Å²) in [5, 5.41) is 3.36. The summed E-state index contributed by atoms with van der Waals surface area (Å²) >= 11 is 0. The molecule has 0 radical (unpaired) electrons. The zero-order chi connectivity index (χ0) is 12.5. The second-order valence-corrected chi connectivity index (χ2v) is 6.08. The lowest BCUT2D eigenvalue weighted by atomic mass is 9.89. The summed E-state index contributed by atoms with van der Waals surface area (Å²) in [5.74, 6) is -2.18. The first-order valence-electron chi connectivity index (χ1n) is 6.72. The van der Waals surface area contributed by atoms with Gasteiger partial charge in [-0.05, 0) is 52.2 Å². The molecular formula is C13H24F2N2. The van der Waals surface area contributed by atoms with Crippen LogP contribution in [0, 0.1) is 5.92 Å². The van der Waals surface area contributed by atoms with E-state index in [-0.39, 0.29) is 24.3 Å². The monoisotopic (exact) mass is 246 g/mol. The molecule has 1 saturated carbocycles. The Morgan fingerprint density at radius 3 is 2.35 bits per heavy atom. The molecule has 1 heterocycles. The molecule has 4 heteroatoms. The Morgan fingerprint density at radius 2 is 1.88 bits per heavy atom. The molecule has 2 aliphatic rings. The van der Waals surface area contributed by atoms with E-state index in [1.807, 2.05) is 7.05 Å². The van der Waals surface area contributed by atoms with Gasteiger partial charge in [0.25, 0.3) is 0 Å². The van der Waals surface area contributed by atoms with Crippen molar-refractivity contribution in [1.82, 2.24) is 10.2 Å². The van der Waals surface area contributed by atoms with Crippen molar-refractivity contribution in [1.29, 1.82) is 0 Å². The highest BCUT2D eigenvalue weighted by Gasteiger charge is 2.40. The Morgan fingerprint density at radius 1 is 1.24 bits per heavy atom. The Kier molecular flexibility index (Phi) is 3.74. The van der Waals surface area contributed by atoms with E-state index in [0.717, 1.165) is 32.5 Å². The zero-order valence-electron chi connectivity index (χ0n) is 10.9. The Labute approximate surface area is 103 Å². The average molecular weight is 246 g/mol. The number of hydrogen-bond donors (Lipinski definition) is 1. The standard InChI is InChI=1S/C13H24F2N2/c1-12(16-2)5-7-17(8-6-12)10-11-3-4-13(14,15)9-11/h11,16H,3-10H2,1-2H3. The van der Waals surface area contributed by atoms with E-state index in [4.69, 9.17) is 0 Å². The summed E-state index contributed by atoms with van der Waals surface area (Å²) in [6, 6.07) is 0. The molecule has 0 bridgehead atoms. The molecule has 0 aromatic rings. The minimum absolute atomic E-state index is 0.0970. The van der Waals surface area contributed by atoms with Gasteiger partial charge in [-0.2, -0.15) is 0 Å². The van der Waals surface area contributed by atoms with Crippen LogP contribution in [-0.2, 0) is 0 Å². The molecule has 2 fully saturated rings. The second kappa shape index (κ2) is 4.81. The van der Waals surface area contributed by atoms with Gasteiger partial charge in [-0.3, -0.25) is 0 Å². The molecular weight excluding hydrogens is 222 g/mol. The summed E-state index contributed by atoms with van der Waals surface area (Å²) in [6.07, 6.45) is 3.14. The number of nitrogens with one attached hydrogen (secondary N) is 1. The topological polar surface area (TPSA) is 15.3 Å². The first-order valence-corrected chi connectivity index (χ1v) is 6.72. The molecule has 0 spiro atoms. The number of hydrogen-bond acceptors (Lipinski definition) is 2. The Bertz CT molecular complexity index is 260. The Hall–Kier alpha value is -0.220. The van der Waals surface area contributed by atoms with Crippen molar-refractivity contribution in [3.05, 3.63) is 0 Å². The van der Waals surface area contributed by atoms with Crippen molar-refractivity contribution in [3.8, 4) is 0 Å². The number of piperidine rings is 1. The van der Waals surface area contributed by atoms with Crippen LogP contribution in [0.3, 0.4) is 0 Å². The molecule has 0 aromatic carbocycles. The largest absolute Gasteiger partial charge is 0.314 e. The first kappa shape index (κ1) is 13.2. The zero-order valence-corrected chi connectivity index (χ0v) is 10.9. The van der Waals surface area contributed by atoms with Crippen molar-refractivity contribution in [2.75, 3.05) is 26.7 Å². The summed E-state index contributed by atoms with van der Waals surface area (Å²) < 4.78 is 26.2. The quantitative estimate of drug-likeness (QED) is 0.823. The van der Waals surface area contributed by atoms with Crippen LogP contribution in [0.1, 0.15) is 39.0 Å². The third kappa shape index (κ3) is 3.38. The van der Waals surface area contributed by atoms with Gasteiger partial charge in [-0.25, -0.2) is 8.78 Å². The van der Waals surface area contributed by atoms with Gasteiger partial charge < -0.3 is 10.2 Å². The van der Waals surface area contributed by atoms with Crippen LogP contribution in [-0.4, -0.2) is 43.0 Å². The van der Waals surface area contributed by atoms with Gasteiger partial charge in [0.1, 0.15) is 0 Å². The molecule has 1 unspecified atom stereocenters. The van der Waals surface area contributed by atoms with E-state index in [0.29, 0.717) is 6.42 Å². The minimum Gasteiger partial charge on any atom is -0.314 e. The van der Waals surface area contributed by atoms with E-state index in [2.05, 4.69) is 17.1 Å². The molecule has 17 heavy (non-hydrogen) atoms. The summed E-state index contributed by atoms with van der Waals surface area (Å²) in [5.41, 5.74) is 0.246. The fourth-order valence-electron chi connectivity index (χ4n) is 3.04. The number of alkyl halides is 2. The maximum absolute atomic E-state index is 13.1. The van der Waals surface area contributed by atoms with Crippen LogP contribution in [0.5, 0.6) is 0 Å². The molecule has 1 aliphatic heterocycles. The van der Waals surface area contributed by atoms with Crippen molar-refractivity contribution >= 4 is 0 Å². The van der Waals surface area contributed by atoms with E-state index < -0.39 is 5.92 Å². The van der Waals surface area contributed by atoms with Gasteiger partial charge in [0.05, 0.1) is 0 Å². The minimum atomic E-state index is -2.39. The van der Waals surface area contributed by atoms with Gasteiger partial charge in [-0.15, -0.1) is 0 Å². The van der Waals surface area contributed by atoms with Gasteiger partial charge in [0.15, 0.2) is 0 Å². The average Bonchev–Trinajstić information content (AvgIpc) is 2.62. The van der Waals surface area contributed by atoms with Crippen LogP contribution < -0.4 is 5.32 Å². The molecule has 1 aliphatic carbocycles. The van der Waals surface area contributed by atoms with Crippen molar-refractivity contribution in [2.24, 2.45) is 5.92 Å². The lowest BCUT2D eigenvalue weighted by molar-refractivity contribution is 0.00263. The van der Waals surface area contributed by atoms with Crippen molar-refractivity contribution in [3.63, 3.8) is 0 Å². The van der Waals surface area contributed by atoms with Gasteiger partial charge in [0, 0.05) is 24.9 Å². The molecule has 1 saturated heterocycles. The normalized spacial score (nSPS) is 32.8. The highest BCUT2D eigenvalue weighted by Crippen LogP contribution is 2.39. The molecule has 0 amide bonds. The molecule has 0 aromatic heterocycles. The van der Waals surface area contributed by atoms with Gasteiger partial charge in [0.2, 0.25) is 5.92 Å². The lowest BCUT2D eigenvalue weighted by Gasteiger charge is -2.40. The summed E-state index contributed by atoms with van der Waals surface area (Å²) in [6.45, 7) is 5.20. The SMILES string of the molecule is CNC1(C)CCN(CC2CCC(F)(F)C2)CC1. The van der Waals surface area contributed by atoms with Crippen LogP contribution in [0.25, 0.3) is 0 Å². The third-order valence-electron chi connectivity index (χ3n) is 4.59. The summed E-state index contributed by atoms with van der Waals surface area (Å²) in [7, 11) is 2.01. The number of likely N-dealkylation sites (tertiary alicyclic amines) is 1. The summed E-state index contributed by atoms with van der Waals surface area (Å²) in [4.78, 5) is 2.37. The van der Waals surface area contributed by atoms with E-state index in [1.165, 1.54) is 0 Å². The molecule has 1 atom stereocenters. The van der Waals surface area contributed by atoms with E-state index >= 15 is 0 Å². The lowest BCUT2D eigenvalue weighted by Crippen LogP contribution is -2.50. The smallest absolute Gasteiger partial charge is 0.248 e. The first-order chi connectivity index (χ1) is 7.92. The Balaban J connectivity index is 1.75. The molecule has 1 N–H and O–H groups in total. The molecule has 100 valence electrons. The highest BCUT2D eigenvalue weighted by molar-refractivity contribution is 4.90. The maximum atomic E-state index is 13.1. The predicted molar refractivity (Wildman–Crippen MR) is 65.4 cm³/mol. The van der Waals surface area contributed by atoms with Gasteiger partial charge >= 0.3 is 0 Å². The number of halogens is 2. The van der Waals surface area contributed by atoms with Crippen LogP contribution in [0.4, 0.5) is 8.78 Å². The fraction of sp³-hybridized carbons (Fsp3) is 1.00. The molecule has 2 rings (SSSR count). The van der Waals surface area contributed by atoms with Crippen LogP contribution in [0.2, 0.25) is 0 Å². The van der Waals surface area contributed by atoms with E-state index in [9.17, 15) is 8.78 Å². The molecule has 2 nitrogen and oxygen atoms in total. The highest BCUT2D eigenvalue weighted by atomic mass is 19.3. The number of nitrogens with zero attached hydrogens (tertiary/aromatic N) is 1. The third-order valence-corrected chi connectivity index (χ3v) is 4.59. The maximum Gasteiger partial charge on any atom is 0.248 e. The van der Waals surface area contributed by atoms with Crippen LogP contribution in [0.15, 0.2) is 0 Å². The predicted octanol–water partition coefficient (Wildman–Crippen LogP) is 2.50. The van der Waals surface area contributed by atoms with Crippen molar-refractivity contribution < 1.29 is 8.78 Å². The van der Waals surface area contributed by atoms with Gasteiger partial charge in [-0.1, -0.05) is 0 Å². The fourth-order valence-corrected chi connectivity index (χ4v) is 3.04.